The number of nitrogens with zero attached hydrogens (tertiary/aromatic N) is 1. The number of nitrogens with one attached hydrogen (secondary N) is 2. The van der Waals surface area contributed by atoms with Crippen LogP contribution in [0.25, 0.3) is 0 Å². The van der Waals surface area contributed by atoms with Crippen molar-refractivity contribution in [2.45, 2.75) is 6.92 Å². The van der Waals surface area contributed by atoms with E-state index in [0.717, 1.165) is 0 Å². The molecule has 0 aliphatic heterocycles. The summed E-state index contributed by atoms with van der Waals surface area (Å²) in [4.78, 5) is 23.7. The van der Waals surface area contributed by atoms with Crippen LogP contribution >= 0.6 is 11.6 Å². The molecule has 0 heterocycles. The van der Waals surface area contributed by atoms with Gasteiger partial charge < -0.3 is 10.1 Å². The maximum atomic E-state index is 11.9. The molecule has 0 spiro atoms. The number of benzene rings is 2. The number of amides is 2. The Hall–Kier alpha value is -2.86. The summed E-state index contributed by atoms with van der Waals surface area (Å²) < 4.78 is 5.38. The molecule has 2 N–H and O–H groups in total. The Labute approximate surface area is 144 Å². The summed E-state index contributed by atoms with van der Waals surface area (Å²) in [7, 11) is 0. The molecule has 0 bridgehead atoms. The first-order valence-electron chi connectivity index (χ1n) is 7.22. The molecule has 2 amide bonds. The van der Waals surface area contributed by atoms with Crippen molar-refractivity contribution < 1.29 is 14.3 Å². The monoisotopic (exact) mass is 345 g/mol. The average molecular weight is 346 g/mol. The molecule has 2 aromatic rings. The summed E-state index contributed by atoms with van der Waals surface area (Å²) in [6.07, 6.45) is 1.36. The number of halogens is 1. The van der Waals surface area contributed by atoms with Crippen molar-refractivity contribution in [1.82, 2.24) is 5.43 Å². The second-order valence-corrected chi connectivity index (χ2v) is 5.01. The van der Waals surface area contributed by atoms with E-state index in [1.807, 2.05) is 6.92 Å². The predicted octanol–water partition coefficient (Wildman–Crippen LogP) is 2.83. The highest BCUT2D eigenvalue weighted by atomic mass is 35.5. The van der Waals surface area contributed by atoms with Gasteiger partial charge in [0.1, 0.15) is 5.75 Å². The molecule has 6 nitrogen and oxygen atoms in total. The van der Waals surface area contributed by atoms with E-state index >= 15 is 0 Å². The van der Waals surface area contributed by atoms with Gasteiger partial charge in [-0.15, -0.1) is 0 Å². The third-order valence-electron chi connectivity index (χ3n) is 2.92. The topological polar surface area (TPSA) is 79.8 Å². The number of para-hydroxylation sites is 2. The fraction of sp³-hybridized carbons (Fsp3) is 0.118. The van der Waals surface area contributed by atoms with E-state index in [2.05, 4.69) is 15.8 Å². The third kappa shape index (κ3) is 4.82. The van der Waals surface area contributed by atoms with Crippen molar-refractivity contribution in [2.24, 2.45) is 5.10 Å². The largest absolute Gasteiger partial charge is 0.492 e. The van der Waals surface area contributed by atoms with E-state index < -0.39 is 11.8 Å². The number of rotatable bonds is 5. The van der Waals surface area contributed by atoms with E-state index in [-0.39, 0.29) is 0 Å². The first-order valence-corrected chi connectivity index (χ1v) is 7.60. The molecule has 7 heteroatoms. The van der Waals surface area contributed by atoms with Crippen LogP contribution in [0, 0.1) is 0 Å². The number of hydrogen-bond donors (Lipinski definition) is 2. The Bertz CT molecular complexity index is 762. The summed E-state index contributed by atoms with van der Waals surface area (Å²) in [5.74, 6) is -1.26. The lowest BCUT2D eigenvalue weighted by molar-refractivity contribution is -0.136. The van der Waals surface area contributed by atoms with Gasteiger partial charge in [0, 0.05) is 10.6 Å². The smallest absolute Gasteiger partial charge is 0.329 e. The van der Waals surface area contributed by atoms with Crippen LogP contribution in [0.4, 0.5) is 5.69 Å². The Morgan fingerprint density at radius 3 is 2.58 bits per heavy atom. The lowest BCUT2D eigenvalue weighted by Gasteiger charge is -2.10. The standard InChI is InChI=1S/C17H16ClN3O3/c1-2-24-15-10-6-5-9-14(15)20-16(22)17(23)21-19-11-12-7-3-4-8-13(12)18/h3-11H,2H2,1H3,(H,20,22)(H,21,23)/b19-11-. The Balaban J connectivity index is 1.96. The molecular formula is C17H16ClN3O3. The first kappa shape index (κ1) is 17.5. The molecule has 0 aromatic heterocycles. The van der Waals surface area contributed by atoms with Crippen LogP contribution in [0.15, 0.2) is 53.6 Å². The van der Waals surface area contributed by atoms with Crippen molar-refractivity contribution >= 4 is 35.3 Å². The highest BCUT2D eigenvalue weighted by Gasteiger charge is 2.15. The van der Waals surface area contributed by atoms with Crippen molar-refractivity contribution in [2.75, 3.05) is 11.9 Å². The van der Waals surface area contributed by atoms with E-state index in [4.69, 9.17) is 16.3 Å². The summed E-state index contributed by atoms with van der Waals surface area (Å²) >= 11 is 5.96. The van der Waals surface area contributed by atoms with Gasteiger partial charge in [-0.05, 0) is 25.1 Å². The SMILES string of the molecule is CCOc1ccccc1NC(=O)C(=O)N/N=C\c1ccccc1Cl. The molecular weight excluding hydrogens is 330 g/mol. The zero-order chi connectivity index (χ0) is 17.4. The summed E-state index contributed by atoms with van der Waals surface area (Å²) in [5.41, 5.74) is 3.19. The second-order valence-electron chi connectivity index (χ2n) is 4.60. The Morgan fingerprint density at radius 2 is 1.83 bits per heavy atom. The van der Waals surface area contributed by atoms with Crippen LogP contribution in [-0.4, -0.2) is 24.6 Å². The summed E-state index contributed by atoms with van der Waals surface area (Å²) in [5, 5.41) is 6.69. The van der Waals surface area contributed by atoms with Crippen LogP contribution in [-0.2, 0) is 9.59 Å². The van der Waals surface area contributed by atoms with Crippen LogP contribution in [0.2, 0.25) is 5.02 Å². The molecule has 0 aliphatic carbocycles. The van der Waals surface area contributed by atoms with E-state index in [1.165, 1.54) is 6.21 Å². The van der Waals surface area contributed by atoms with Crippen molar-refractivity contribution in [3.8, 4) is 5.75 Å². The van der Waals surface area contributed by atoms with Gasteiger partial charge >= 0.3 is 11.8 Å². The Morgan fingerprint density at radius 1 is 1.12 bits per heavy atom. The number of hydrogen-bond acceptors (Lipinski definition) is 4. The number of carbonyl (C=O) groups is 2. The van der Waals surface area contributed by atoms with Crippen molar-refractivity contribution in [3.63, 3.8) is 0 Å². The van der Waals surface area contributed by atoms with Gasteiger partial charge in [-0.2, -0.15) is 5.10 Å². The Kier molecular flexibility index (Phi) is 6.33. The highest BCUT2D eigenvalue weighted by molar-refractivity contribution is 6.39. The van der Waals surface area contributed by atoms with Crippen molar-refractivity contribution in [3.05, 3.63) is 59.1 Å². The maximum Gasteiger partial charge on any atom is 0.329 e. The number of ether oxygens (including phenoxy) is 1. The zero-order valence-corrected chi connectivity index (χ0v) is 13.7. The predicted molar refractivity (Wildman–Crippen MR) is 93.4 cm³/mol. The molecule has 0 aliphatic rings. The molecule has 0 atom stereocenters. The van der Waals surface area contributed by atoms with Crippen LogP contribution in [0.3, 0.4) is 0 Å². The van der Waals surface area contributed by atoms with Crippen LogP contribution in [0.5, 0.6) is 5.75 Å². The fourth-order valence-corrected chi connectivity index (χ4v) is 2.01. The summed E-state index contributed by atoms with van der Waals surface area (Å²) in [6.45, 7) is 2.27. The van der Waals surface area contributed by atoms with Gasteiger partial charge in [0.05, 0.1) is 18.5 Å². The molecule has 2 rings (SSSR count). The van der Waals surface area contributed by atoms with Gasteiger partial charge in [0.2, 0.25) is 0 Å². The van der Waals surface area contributed by atoms with Gasteiger partial charge in [0.15, 0.2) is 0 Å². The highest BCUT2D eigenvalue weighted by Crippen LogP contribution is 2.23. The molecule has 2 aromatic carbocycles. The number of hydrazone groups is 1. The van der Waals surface area contributed by atoms with E-state index in [0.29, 0.717) is 28.6 Å². The molecule has 0 unspecified atom stereocenters. The zero-order valence-electron chi connectivity index (χ0n) is 13.0. The first-order chi connectivity index (χ1) is 11.6. The van der Waals surface area contributed by atoms with Crippen molar-refractivity contribution in [1.29, 1.82) is 0 Å². The lowest BCUT2D eigenvalue weighted by Crippen LogP contribution is -2.32. The maximum absolute atomic E-state index is 11.9. The van der Waals surface area contributed by atoms with E-state index in [1.54, 1.807) is 48.5 Å². The third-order valence-corrected chi connectivity index (χ3v) is 3.26. The number of carbonyl (C=O) groups excluding carboxylic acids is 2. The summed E-state index contributed by atoms with van der Waals surface area (Å²) in [6, 6.07) is 13.8. The minimum absolute atomic E-state index is 0.412. The molecule has 0 saturated heterocycles. The van der Waals surface area contributed by atoms with Crippen LogP contribution in [0.1, 0.15) is 12.5 Å². The van der Waals surface area contributed by atoms with E-state index in [9.17, 15) is 9.59 Å². The van der Waals surface area contributed by atoms with Gasteiger partial charge in [-0.3, -0.25) is 9.59 Å². The van der Waals surface area contributed by atoms with Gasteiger partial charge in [-0.1, -0.05) is 41.9 Å². The second kappa shape index (κ2) is 8.69. The van der Waals surface area contributed by atoms with Gasteiger partial charge in [0.25, 0.3) is 0 Å². The number of anilines is 1. The molecule has 124 valence electrons. The lowest BCUT2D eigenvalue weighted by atomic mass is 10.2. The molecule has 0 fully saturated rings. The van der Waals surface area contributed by atoms with Crippen LogP contribution < -0.4 is 15.5 Å². The molecule has 0 saturated carbocycles. The molecule has 0 radical (unpaired) electrons. The average Bonchev–Trinajstić information content (AvgIpc) is 2.58. The van der Waals surface area contributed by atoms with Gasteiger partial charge in [-0.25, -0.2) is 5.43 Å². The minimum Gasteiger partial charge on any atom is -0.492 e. The quantitative estimate of drug-likeness (QED) is 0.497. The fourth-order valence-electron chi connectivity index (χ4n) is 1.82. The normalized spacial score (nSPS) is 10.4. The molecule has 24 heavy (non-hydrogen) atoms. The minimum atomic E-state index is -0.899.